The highest BCUT2D eigenvalue weighted by Crippen LogP contribution is 1.98. The molecule has 4 heteroatoms. The van der Waals surface area contributed by atoms with Crippen LogP contribution in [-0.4, -0.2) is 38.4 Å². The first-order valence-corrected chi connectivity index (χ1v) is 7.73. The standard InChI is InChI=1S/C15H31NO3/c1-4-7-9-11-16-14(15(17)19-6-3)13-18-12-10-8-5-2/h14,16H,4-13H2,1-3H3/t14-/m0/s1. The zero-order valence-corrected chi connectivity index (χ0v) is 12.9. The molecule has 0 saturated heterocycles. The highest BCUT2D eigenvalue weighted by atomic mass is 16.5. The maximum atomic E-state index is 11.8. The van der Waals surface area contributed by atoms with E-state index < -0.39 is 0 Å². The van der Waals surface area contributed by atoms with E-state index >= 15 is 0 Å². The zero-order valence-electron chi connectivity index (χ0n) is 12.9. The van der Waals surface area contributed by atoms with Crippen molar-refractivity contribution < 1.29 is 14.3 Å². The number of ether oxygens (including phenoxy) is 2. The number of carbonyl (C=O) groups is 1. The highest BCUT2D eigenvalue weighted by molar-refractivity contribution is 5.75. The minimum absolute atomic E-state index is 0.200. The zero-order chi connectivity index (χ0) is 14.3. The molecule has 0 spiro atoms. The van der Waals surface area contributed by atoms with E-state index in [1.165, 1.54) is 25.7 Å². The van der Waals surface area contributed by atoms with Crippen molar-refractivity contribution >= 4 is 5.97 Å². The smallest absolute Gasteiger partial charge is 0.325 e. The molecule has 1 N–H and O–H groups in total. The summed E-state index contributed by atoms with van der Waals surface area (Å²) in [6, 6.07) is -0.321. The molecule has 0 saturated carbocycles. The fourth-order valence-corrected chi connectivity index (χ4v) is 1.76. The van der Waals surface area contributed by atoms with Gasteiger partial charge in [-0.1, -0.05) is 39.5 Å². The molecule has 0 aromatic heterocycles. The van der Waals surface area contributed by atoms with Gasteiger partial charge in [0.25, 0.3) is 0 Å². The Morgan fingerprint density at radius 3 is 2.37 bits per heavy atom. The quantitative estimate of drug-likeness (QED) is 0.414. The molecule has 0 amide bonds. The SMILES string of the molecule is CCCCCN[C@@H](COCCCCC)C(=O)OCC. The molecule has 0 rings (SSSR count). The van der Waals surface area contributed by atoms with E-state index in [4.69, 9.17) is 9.47 Å². The summed E-state index contributed by atoms with van der Waals surface area (Å²) in [7, 11) is 0. The predicted octanol–water partition coefficient (Wildman–Crippen LogP) is 2.90. The van der Waals surface area contributed by atoms with Crippen LogP contribution in [0.1, 0.15) is 59.3 Å². The van der Waals surface area contributed by atoms with Crippen LogP contribution in [0.3, 0.4) is 0 Å². The van der Waals surface area contributed by atoms with Gasteiger partial charge < -0.3 is 14.8 Å². The van der Waals surface area contributed by atoms with Gasteiger partial charge >= 0.3 is 5.97 Å². The monoisotopic (exact) mass is 273 g/mol. The Morgan fingerprint density at radius 2 is 1.74 bits per heavy atom. The number of nitrogens with one attached hydrogen (secondary N) is 1. The lowest BCUT2D eigenvalue weighted by atomic mass is 10.2. The minimum atomic E-state index is -0.321. The first-order valence-electron chi connectivity index (χ1n) is 7.73. The summed E-state index contributed by atoms with van der Waals surface area (Å²) in [6.07, 6.45) is 6.86. The Hall–Kier alpha value is -0.610. The van der Waals surface area contributed by atoms with Gasteiger partial charge in [-0.05, 0) is 26.3 Å². The van der Waals surface area contributed by atoms with Crippen molar-refractivity contribution in [2.75, 3.05) is 26.4 Å². The van der Waals surface area contributed by atoms with Gasteiger partial charge in [-0.15, -0.1) is 0 Å². The van der Waals surface area contributed by atoms with Crippen molar-refractivity contribution in [1.82, 2.24) is 5.32 Å². The summed E-state index contributed by atoms with van der Waals surface area (Å²) in [6.45, 7) is 8.55. The summed E-state index contributed by atoms with van der Waals surface area (Å²) in [5, 5.41) is 3.23. The third-order valence-corrected chi connectivity index (χ3v) is 2.92. The van der Waals surface area contributed by atoms with Crippen molar-refractivity contribution in [3.05, 3.63) is 0 Å². The molecule has 0 unspecified atom stereocenters. The van der Waals surface area contributed by atoms with Crippen LogP contribution in [-0.2, 0) is 14.3 Å². The molecule has 4 nitrogen and oxygen atoms in total. The van der Waals surface area contributed by atoms with Gasteiger partial charge in [0, 0.05) is 6.61 Å². The fraction of sp³-hybridized carbons (Fsp3) is 0.933. The molecule has 0 aliphatic heterocycles. The molecular formula is C15H31NO3. The average Bonchev–Trinajstić information content (AvgIpc) is 2.41. The lowest BCUT2D eigenvalue weighted by molar-refractivity contribution is -0.147. The average molecular weight is 273 g/mol. The summed E-state index contributed by atoms with van der Waals surface area (Å²) >= 11 is 0. The van der Waals surface area contributed by atoms with Gasteiger partial charge in [-0.3, -0.25) is 4.79 Å². The van der Waals surface area contributed by atoms with E-state index in [2.05, 4.69) is 19.2 Å². The highest BCUT2D eigenvalue weighted by Gasteiger charge is 2.18. The first-order chi connectivity index (χ1) is 9.26. The third-order valence-electron chi connectivity index (χ3n) is 2.92. The molecule has 1 atom stereocenters. The summed E-state index contributed by atoms with van der Waals surface area (Å²) in [5.74, 6) is -0.200. The van der Waals surface area contributed by atoms with Crippen LogP contribution < -0.4 is 5.32 Å². The fourth-order valence-electron chi connectivity index (χ4n) is 1.76. The maximum Gasteiger partial charge on any atom is 0.325 e. The molecule has 0 radical (unpaired) electrons. The largest absolute Gasteiger partial charge is 0.465 e. The van der Waals surface area contributed by atoms with E-state index in [1.54, 1.807) is 0 Å². The van der Waals surface area contributed by atoms with E-state index in [9.17, 15) is 4.79 Å². The van der Waals surface area contributed by atoms with Crippen LogP contribution in [0.5, 0.6) is 0 Å². The number of esters is 1. The third kappa shape index (κ3) is 11.0. The number of carbonyl (C=O) groups excluding carboxylic acids is 1. The number of hydrogen-bond donors (Lipinski definition) is 1. The second kappa shape index (κ2) is 13.8. The van der Waals surface area contributed by atoms with Crippen LogP contribution >= 0.6 is 0 Å². The number of hydrogen-bond acceptors (Lipinski definition) is 4. The molecule has 0 fully saturated rings. The van der Waals surface area contributed by atoms with Gasteiger partial charge in [0.05, 0.1) is 13.2 Å². The van der Waals surface area contributed by atoms with Crippen molar-refractivity contribution in [3.63, 3.8) is 0 Å². The Labute approximate surface area is 118 Å². The first kappa shape index (κ1) is 18.4. The Bertz CT molecular complexity index is 210. The second-order valence-corrected chi connectivity index (χ2v) is 4.75. The lowest BCUT2D eigenvalue weighted by Gasteiger charge is -2.17. The van der Waals surface area contributed by atoms with E-state index in [-0.39, 0.29) is 12.0 Å². The van der Waals surface area contributed by atoms with Gasteiger partial charge in [-0.25, -0.2) is 0 Å². The Morgan fingerprint density at radius 1 is 1.05 bits per heavy atom. The molecule has 114 valence electrons. The Kier molecular flexibility index (Phi) is 13.4. The van der Waals surface area contributed by atoms with Crippen LogP contribution in [0.2, 0.25) is 0 Å². The van der Waals surface area contributed by atoms with Crippen LogP contribution in [0.25, 0.3) is 0 Å². The maximum absolute atomic E-state index is 11.8. The summed E-state index contributed by atoms with van der Waals surface area (Å²) in [4.78, 5) is 11.8. The molecule has 19 heavy (non-hydrogen) atoms. The van der Waals surface area contributed by atoms with Gasteiger partial charge in [0.2, 0.25) is 0 Å². The van der Waals surface area contributed by atoms with Crippen molar-refractivity contribution in [2.45, 2.75) is 65.3 Å². The number of unbranched alkanes of at least 4 members (excludes halogenated alkanes) is 4. The molecule has 0 aliphatic rings. The topological polar surface area (TPSA) is 47.6 Å². The minimum Gasteiger partial charge on any atom is -0.465 e. The van der Waals surface area contributed by atoms with E-state index in [0.29, 0.717) is 13.2 Å². The van der Waals surface area contributed by atoms with E-state index in [0.717, 1.165) is 26.0 Å². The lowest BCUT2D eigenvalue weighted by Crippen LogP contribution is -2.42. The second-order valence-electron chi connectivity index (χ2n) is 4.75. The predicted molar refractivity (Wildman–Crippen MR) is 78.3 cm³/mol. The van der Waals surface area contributed by atoms with Crippen LogP contribution in [0.4, 0.5) is 0 Å². The van der Waals surface area contributed by atoms with Gasteiger partial charge in [0.1, 0.15) is 6.04 Å². The summed E-state index contributed by atoms with van der Waals surface area (Å²) < 4.78 is 10.6. The number of rotatable bonds is 13. The van der Waals surface area contributed by atoms with Crippen molar-refractivity contribution in [3.8, 4) is 0 Å². The Balaban J connectivity index is 3.86. The van der Waals surface area contributed by atoms with Crippen molar-refractivity contribution in [1.29, 1.82) is 0 Å². The molecular weight excluding hydrogens is 242 g/mol. The molecule has 0 heterocycles. The molecule has 0 aliphatic carbocycles. The van der Waals surface area contributed by atoms with Gasteiger partial charge in [-0.2, -0.15) is 0 Å². The normalized spacial score (nSPS) is 12.4. The van der Waals surface area contributed by atoms with E-state index in [1.807, 2.05) is 6.92 Å². The van der Waals surface area contributed by atoms with Crippen LogP contribution in [0, 0.1) is 0 Å². The molecule has 0 aromatic rings. The molecule has 0 aromatic carbocycles. The van der Waals surface area contributed by atoms with Crippen molar-refractivity contribution in [2.24, 2.45) is 0 Å². The summed E-state index contributed by atoms with van der Waals surface area (Å²) in [5.41, 5.74) is 0. The van der Waals surface area contributed by atoms with Gasteiger partial charge in [0.15, 0.2) is 0 Å². The molecule has 0 bridgehead atoms. The van der Waals surface area contributed by atoms with Crippen LogP contribution in [0.15, 0.2) is 0 Å².